The third-order valence-electron chi connectivity index (χ3n) is 3.75. The van der Waals surface area contributed by atoms with E-state index in [-0.39, 0.29) is 11.9 Å². The molecule has 20 heavy (non-hydrogen) atoms. The zero-order valence-corrected chi connectivity index (χ0v) is 12.5. The average molecular weight is 280 g/mol. The normalized spacial score (nSPS) is 20.4. The van der Waals surface area contributed by atoms with E-state index in [2.05, 4.69) is 10.4 Å². The number of nitrogens with one attached hydrogen (secondary N) is 1. The quantitative estimate of drug-likeness (QED) is 0.827. The van der Waals surface area contributed by atoms with Crippen LogP contribution in [0.5, 0.6) is 0 Å². The van der Waals surface area contributed by atoms with Gasteiger partial charge < -0.3 is 15.0 Å². The largest absolute Gasteiger partial charge is 0.381 e. The number of hydrogen-bond acceptors (Lipinski definition) is 4. The Morgan fingerprint density at radius 2 is 2.45 bits per heavy atom. The van der Waals surface area contributed by atoms with Crippen LogP contribution in [0.2, 0.25) is 0 Å². The third kappa shape index (κ3) is 3.37. The number of amides is 1. The van der Waals surface area contributed by atoms with Crippen molar-refractivity contribution in [2.75, 3.05) is 33.4 Å². The Labute approximate surface area is 120 Å². The molecule has 1 aromatic heterocycles. The summed E-state index contributed by atoms with van der Waals surface area (Å²) in [5.41, 5.74) is 0.910. The van der Waals surface area contributed by atoms with Crippen molar-refractivity contribution < 1.29 is 9.53 Å². The van der Waals surface area contributed by atoms with Gasteiger partial charge in [-0.3, -0.25) is 9.48 Å². The molecule has 1 N–H and O–H groups in total. The summed E-state index contributed by atoms with van der Waals surface area (Å²) in [6.45, 7) is 5.08. The maximum Gasteiger partial charge on any atom is 0.244 e. The van der Waals surface area contributed by atoms with Gasteiger partial charge in [-0.2, -0.15) is 5.10 Å². The number of carbonyl (C=O) groups is 1. The smallest absolute Gasteiger partial charge is 0.244 e. The van der Waals surface area contributed by atoms with E-state index in [4.69, 9.17) is 4.74 Å². The first-order chi connectivity index (χ1) is 9.65. The summed E-state index contributed by atoms with van der Waals surface area (Å²) in [6.07, 6.45) is 4.65. The van der Waals surface area contributed by atoms with Crippen LogP contribution in [0.15, 0.2) is 12.4 Å². The van der Waals surface area contributed by atoms with Crippen molar-refractivity contribution in [3.8, 4) is 0 Å². The molecule has 2 rings (SSSR count). The van der Waals surface area contributed by atoms with Gasteiger partial charge in [0.2, 0.25) is 5.91 Å². The number of likely N-dealkylation sites (tertiary alicyclic amines) is 1. The molecule has 1 fully saturated rings. The van der Waals surface area contributed by atoms with E-state index in [9.17, 15) is 4.79 Å². The third-order valence-corrected chi connectivity index (χ3v) is 3.75. The van der Waals surface area contributed by atoms with Crippen LogP contribution < -0.4 is 5.32 Å². The predicted molar refractivity (Wildman–Crippen MR) is 76.2 cm³/mol. The first-order valence-corrected chi connectivity index (χ1v) is 7.18. The Hall–Kier alpha value is -1.40. The van der Waals surface area contributed by atoms with Crippen LogP contribution in [0.1, 0.15) is 24.9 Å². The molecule has 0 bridgehead atoms. The van der Waals surface area contributed by atoms with Crippen LogP contribution in [-0.4, -0.2) is 53.9 Å². The molecule has 1 amide bonds. The molecule has 1 saturated heterocycles. The van der Waals surface area contributed by atoms with E-state index in [0.717, 1.165) is 38.3 Å². The van der Waals surface area contributed by atoms with Gasteiger partial charge in [-0.25, -0.2) is 0 Å². The second-order valence-corrected chi connectivity index (χ2v) is 5.27. The first-order valence-electron chi connectivity index (χ1n) is 7.18. The molecule has 2 unspecified atom stereocenters. The number of rotatable bonds is 6. The Morgan fingerprint density at radius 1 is 1.65 bits per heavy atom. The molecule has 1 aliphatic rings. The van der Waals surface area contributed by atoms with Gasteiger partial charge in [0, 0.05) is 44.4 Å². The topological polar surface area (TPSA) is 59.4 Å². The van der Waals surface area contributed by atoms with Gasteiger partial charge >= 0.3 is 0 Å². The number of ether oxygens (including phenoxy) is 1. The van der Waals surface area contributed by atoms with Gasteiger partial charge in [0.15, 0.2) is 0 Å². The van der Waals surface area contributed by atoms with Crippen molar-refractivity contribution in [1.29, 1.82) is 0 Å². The fourth-order valence-electron chi connectivity index (χ4n) is 2.66. The standard InChI is InChI=1S/C14H24N4O2/c1-4-20-10-11-5-6-18(8-11)14(19)13(15-2)12-7-16-17(3)9-12/h7,9,11,13,15H,4-6,8,10H2,1-3H3. The lowest BCUT2D eigenvalue weighted by molar-refractivity contribution is -0.132. The monoisotopic (exact) mass is 280 g/mol. The highest BCUT2D eigenvalue weighted by atomic mass is 16.5. The van der Waals surface area contributed by atoms with E-state index in [1.54, 1.807) is 10.9 Å². The van der Waals surface area contributed by atoms with Gasteiger partial charge in [0.1, 0.15) is 6.04 Å². The molecule has 0 aromatic carbocycles. The minimum absolute atomic E-state index is 0.125. The highest BCUT2D eigenvalue weighted by Gasteiger charge is 2.31. The van der Waals surface area contributed by atoms with Crippen molar-refractivity contribution in [1.82, 2.24) is 20.0 Å². The Kier molecular flexibility index (Phi) is 5.14. The van der Waals surface area contributed by atoms with Crippen LogP contribution in [0, 0.1) is 5.92 Å². The zero-order valence-electron chi connectivity index (χ0n) is 12.5. The molecule has 1 aliphatic heterocycles. The number of likely N-dealkylation sites (N-methyl/N-ethyl adjacent to an activating group) is 1. The highest BCUT2D eigenvalue weighted by Crippen LogP contribution is 2.22. The van der Waals surface area contributed by atoms with Gasteiger partial charge in [-0.1, -0.05) is 0 Å². The van der Waals surface area contributed by atoms with Crippen LogP contribution in [-0.2, 0) is 16.6 Å². The minimum Gasteiger partial charge on any atom is -0.381 e. The van der Waals surface area contributed by atoms with Gasteiger partial charge in [-0.15, -0.1) is 0 Å². The molecule has 0 spiro atoms. The lowest BCUT2D eigenvalue weighted by Crippen LogP contribution is -2.38. The highest BCUT2D eigenvalue weighted by molar-refractivity contribution is 5.83. The fraction of sp³-hybridized carbons (Fsp3) is 0.714. The SMILES string of the molecule is CCOCC1CCN(C(=O)C(NC)c2cnn(C)c2)C1. The lowest BCUT2D eigenvalue weighted by atomic mass is 10.1. The molecule has 2 atom stereocenters. The number of aromatic nitrogens is 2. The van der Waals surface area contributed by atoms with Crippen molar-refractivity contribution in [3.63, 3.8) is 0 Å². The summed E-state index contributed by atoms with van der Waals surface area (Å²) in [6, 6.07) is -0.311. The maximum atomic E-state index is 12.6. The fourth-order valence-corrected chi connectivity index (χ4v) is 2.66. The zero-order chi connectivity index (χ0) is 14.5. The van der Waals surface area contributed by atoms with Crippen molar-refractivity contribution >= 4 is 5.91 Å². The molecule has 0 radical (unpaired) electrons. The maximum absolute atomic E-state index is 12.6. The average Bonchev–Trinajstić information content (AvgIpc) is 3.06. The summed E-state index contributed by atoms with van der Waals surface area (Å²) >= 11 is 0. The Morgan fingerprint density at radius 3 is 3.05 bits per heavy atom. The summed E-state index contributed by atoms with van der Waals surface area (Å²) < 4.78 is 7.17. The van der Waals surface area contributed by atoms with Crippen molar-refractivity contribution in [2.45, 2.75) is 19.4 Å². The lowest BCUT2D eigenvalue weighted by Gasteiger charge is -2.22. The van der Waals surface area contributed by atoms with Crippen molar-refractivity contribution in [3.05, 3.63) is 18.0 Å². The van der Waals surface area contributed by atoms with Gasteiger partial charge in [0.25, 0.3) is 0 Å². The second kappa shape index (κ2) is 6.85. The molecular weight excluding hydrogens is 256 g/mol. The van der Waals surface area contributed by atoms with E-state index in [1.807, 2.05) is 32.1 Å². The second-order valence-electron chi connectivity index (χ2n) is 5.27. The summed E-state index contributed by atoms with van der Waals surface area (Å²) in [5, 5.41) is 7.23. The predicted octanol–water partition coefficient (Wildman–Crippen LogP) is 0.566. The number of nitrogens with zero attached hydrogens (tertiary/aromatic N) is 3. The minimum atomic E-state index is -0.311. The molecular formula is C14H24N4O2. The molecule has 6 nitrogen and oxygen atoms in total. The van der Waals surface area contributed by atoms with Crippen LogP contribution in [0.4, 0.5) is 0 Å². The number of hydrogen-bond donors (Lipinski definition) is 1. The number of aryl methyl sites for hydroxylation is 1. The van der Waals surface area contributed by atoms with Crippen molar-refractivity contribution in [2.24, 2.45) is 13.0 Å². The molecule has 112 valence electrons. The van der Waals surface area contributed by atoms with Crippen LogP contribution >= 0.6 is 0 Å². The molecule has 1 aromatic rings. The number of carbonyl (C=O) groups excluding carboxylic acids is 1. The van der Waals surface area contributed by atoms with Gasteiger partial charge in [0.05, 0.1) is 12.8 Å². The molecule has 2 heterocycles. The Balaban J connectivity index is 1.96. The van der Waals surface area contributed by atoms with E-state index < -0.39 is 0 Å². The van der Waals surface area contributed by atoms with E-state index in [0.29, 0.717) is 5.92 Å². The molecule has 6 heteroatoms. The summed E-state index contributed by atoms with van der Waals surface area (Å²) in [5.74, 6) is 0.588. The van der Waals surface area contributed by atoms with Gasteiger partial charge in [-0.05, 0) is 20.4 Å². The Bertz CT molecular complexity index is 446. The molecule has 0 aliphatic carbocycles. The van der Waals surface area contributed by atoms with Crippen LogP contribution in [0.3, 0.4) is 0 Å². The summed E-state index contributed by atoms with van der Waals surface area (Å²) in [4.78, 5) is 14.5. The van der Waals surface area contributed by atoms with Crippen LogP contribution in [0.25, 0.3) is 0 Å². The first kappa shape index (κ1) is 15.0. The molecule has 0 saturated carbocycles. The van der Waals surface area contributed by atoms with E-state index >= 15 is 0 Å². The van der Waals surface area contributed by atoms with E-state index in [1.165, 1.54) is 0 Å². The summed E-state index contributed by atoms with van der Waals surface area (Å²) in [7, 11) is 3.66.